The maximum absolute atomic E-state index is 12.6. The number of Topliss-reactive ketones (excluding diaryl/α,β-unsaturated/α-hetero) is 1. The highest BCUT2D eigenvalue weighted by Gasteiger charge is 2.42. The topological polar surface area (TPSA) is 88.5 Å². The Bertz CT molecular complexity index is 762. The largest absolute Gasteiger partial charge is 0.340 e. The quantitative estimate of drug-likeness (QED) is 0.774. The Labute approximate surface area is 156 Å². The van der Waals surface area contributed by atoms with Crippen LogP contribution in [-0.2, 0) is 20.9 Å². The molecule has 1 aromatic rings. The summed E-state index contributed by atoms with van der Waals surface area (Å²) in [5.41, 5.74) is 1.37. The number of pyridine rings is 1. The minimum Gasteiger partial charge on any atom is -0.340 e. The van der Waals surface area contributed by atoms with Gasteiger partial charge in [0.15, 0.2) is 11.2 Å². The van der Waals surface area contributed by atoms with Gasteiger partial charge in [-0.15, -0.1) is 0 Å². The number of nitrogens with zero attached hydrogens (tertiary/aromatic N) is 2. The first-order chi connectivity index (χ1) is 12.4. The molecule has 1 aromatic heterocycles. The first-order valence-electron chi connectivity index (χ1n) is 8.79. The minimum absolute atomic E-state index is 0.0757. The molecule has 2 saturated heterocycles. The number of carbonyl (C=O) groups excluding carboxylic acids is 3. The van der Waals surface area contributed by atoms with Gasteiger partial charge in [-0.05, 0) is 33.1 Å². The SMILES string of the molecule is Cc1cc(=O)cc(C)n1CC(=O)NC1CCCCN1C1C(=O)CSC1=O. The van der Waals surface area contributed by atoms with Crippen molar-refractivity contribution in [2.75, 3.05) is 12.3 Å². The Hall–Kier alpha value is -1.93. The van der Waals surface area contributed by atoms with Gasteiger partial charge in [0.1, 0.15) is 12.6 Å². The molecule has 0 aliphatic carbocycles. The number of carbonyl (C=O) groups is 3. The van der Waals surface area contributed by atoms with Crippen LogP contribution in [0.15, 0.2) is 16.9 Å². The van der Waals surface area contributed by atoms with Gasteiger partial charge in [-0.25, -0.2) is 0 Å². The van der Waals surface area contributed by atoms with Crippen molar-refractivity contribution in [3.05, 3.63) is 33.7 Å². The Kier molecular flexibility index (Phi) is 5.62. The number of aromatic nitrogens is 1. The van der Waals surface area contributed by atoms with E-state index in [0.29, 0.717) is 6.54 Å². The van der Waals surface area contributed by atoms with Crippen molar-refractivity contribution in [1.82, 2.24) is 14.8 Å². The van der Waals surface area contributed by atoms with Gasteiger partial charge in [0.05, 0.1) is 11.9 Å². The maximum atomic E-state index is 12.6. The standard InChI is InChI=1S/C18H23N3O4S/c1-11-7-13(22)8-12(2)21(11)9-16(24)19-15-5-3-4-6-20(15)17-14(23)10-26-18(17)25/h7-8,15,17H,3-6,9-10H2,1-2H3,(H,19,24). The van der Waals surface area contributed by atoms with E-state index < -0.39 is 6.04 Å². The lowest BCUT2D eigenvalue weighted by Gasteiger charge is -2.38. The zero-order chi connectivity index (χ0) is 18.8. The van der Waals surface area contributed by atoms with Crippen LogP contribution >= 0.6 is 11.8 Å². The second kappa shape index (κ2) is 7.75. The summed E-state index contributed by atoms with van der Waals surface area (Å²) in [5, 5.41) is 2.86. The molecule has 2 fully saturated rings. The fourth-order valence-electron chi connectivity index (χ4n) is 3.68. The molecule has 2 unspecified atom stereocenters. The molecule has 1 N–H and O–H groups in total. The van der Waals surface area contributed by atoms with Crippen molar-refractivity contribution in [3.63, 3.8) is 0 Å². The first-order valence-corrected chi connectivity index (χ1v) is 9.78. The highest BCUT2D eigenvalue weighted by atomic mass is 32.2. The molecule has 1 amide bonds. The van der Waals surface area contributed by atoms with E-state index in [-0.39, 0.29) is 40.7 Å². The molecule has 8 heteroatoms. The zero-order valence-electron chi connectivity index (χ0n) is 15.0. The number of piperidine rings is 1. The summed E-state index contributed by atoms with van der Waals surface area (Å²) < 4.78 is 1.78. The van der Waals surface area contributed by atoms with Gasteiger partial charge in [0.25, 0.3) is 0 Å². The fraction of sp³-hybridized carbons (Fsp3) is 0.556. The van der Waals surface area contributed by atoms with Gasteiger partial charge >= 0.3 is 0 Å². The lowest BCUT2D eigenvalue weighted by Crippen LogP contribution is -2.58. The van der Waals surface area contributed by atoms with Crippen molar-refractivity contribution in [2.24, 2.45) is 0 Å². The van der Waals surface area contributed by atoms with Gasteiger partial charge in [-0.1, -0.05) is 11.8 Å². The van der Waals surface area contributed by atoms with E-state index in [1.807, 2.05) is 4.90 Å². The van der Waals surface area contributed by atoms with E-state index in [4.69, 9.17) is 0 Å². The van der Waals surface area contributed by atoms with Crippen molar-refractivity contribution in [3.8, 4) is 0 Å². The molecule has 0 saturated carbocycles. The first kappa shape index (κ1) is 18.8. The molecular formula is C18H23N3O4S. The summed E-state index contributed by atoms with van der Waals surface area (Å²) in [6.07, 6.45) is 2.26. The average Bonchev–Trinajstić information content (AvgIpc) is 2.90. The Balaban J connectivity index is 1.72. The Morgan fingerprint density at radius 3 is 2.50 bits per heavy atom. The predicted octanol–water partition coefficient (Wildman–Crippen LogP) is 0.604. The molecular weight excluding hydrogens is 354 g/mol. The number of nitrogens with one attached hydrogen (secondary N) is 1. The monoisotopic (exact) mass is 377 g/mol. The number of ketones is 1. The number of likely N-dealkylation sites (tertiary alicyclic amines) is 1. The molecule has 0 aromatic carbocycles. The van der Waals surface area contributed by atoms with E-state index in [0.717, 1.165) is 42.4 Å². The smallest absolute Gasteiger partial charge is 0.241 e. The number of hydrogen-bond acceptors (Lipinski definition) is 6. The van der Waals surface area contributed by atoms with Gasteiger partial charge in [-0.3, -0.25) is 24.1 Å². The highest BCUT2D eigenvalue weighted by Crippen LogP contribution is 2.27. The molecule has 3 heterocycles. The summed E-state index contributed by atoms with van der Waals surface area (Å²) in [5.74, 6) is -0.0493. The second-order valence-electron chi connectivity index (χ2n) is 6.85. The van der Waals surface area contributed by atoms with Gasteiger partial charge in [0, 0.05) is 30.1 Å². The molecule has 140 valence electrons. The average molecular weight is 377 g/mol. The van der Waals surface area contributed by atoms with E-state index in [9.17, 15) is 19.2 Å². The summed E-state index contributed by atoms with van der Waals surface area (Å²) in [6.45, 7) is 4.32. The highest BCUT2D eigenvalue weighted by molar-refractivity contribution is 8.15. The predicted molar refractivity (Wildman–Crippen MR) is 98.9 cm³/mol. The lowest BCUT2D eigenvalue weighted by molar-refractivity contribution is -0.133. The number of hydrogen-bond donors (Lipinski definition) is 1. The summed E-state index contributed by atoms with van der Waals surface area (Å²) >= 11 is 1.06. The third-order valence-electron chi connectivity index (χ3n) is 4.94. The van der Waals surface area contributed by atoms with Crippen LogP contribution in [0.5, 0.6) is 0 Å². The molecule has 2 atom stereocenters. The van der Waals surface area contributed by atoms with Crippen LogP contribution < -0.4 is 10.7 Å². The van der Waals surface area contributed by atoms with E-state index in [1.54, 1.807) is 18.4 Å². The van der Waals surface area contributed by atoms with Crippen LogP contribution in [0.2, 0.25) is 0 Å². The summed E-state index contributed by atoms with van der Waals surface area (Å²) in [6, 6.07) is 2.27. The van der Waals surface area contributed by atoms with Crippen LogP contribution in [0, 0.1) is 13.8 Å². The minimum atomic E-state index is -0.735. The molecule has 3 rings (SSSR count). The van der Waals surface area contributed by atoms with Crippen LogP contribution in [0.1, 0.15) is 30.7 Å². The third kappa shape index (κ3) is 3.91. The van der Waals surface area contributed by atoms with Crippen LogP contribution in [-0.4, -0.2) is 50.8 Å². The van der Waals surface area contributed by atoms with Crippen molar-refractivity contribution in [2.45, 2.75) is 51.9 Å². The number of amides is 1. The van der Waals surface area contributed by atoms with Crippen LogP contribution in [0.3, 0.4) is 0 Å². The summed E-state index contributed by atoms with van der Waals surface area (Å²) in [4.78, 5) is 50.1. The van der Waals surface area contributed by atoms with Gasteiger partial charge in [0.2, 0.25) is 11.0 Å². The van der Waals surface area contributed by atoms with E-state index in [2.05, 4.69) is 5.32 Å². The molecule has 2 aliphatic rings. The fourth-order valence-corrected chi connectivity index (χ4v) is 4.55. The number of thioether (sulfide) groups is 1. The van der Waals surface area contributed by atoms with Crippen molar-refractivity contribution >= 4 is 28.6 Å². The zero-order valence-corrected chi connectivity index (χ0v) is 15.8. The molecule has 0 spiro atoms. The van der Waals surface area contributed by atoms with E-state index in [1.165, 1.54) is 12.1 Å². The van der Waals surface area contributed by atoms with Crippen LogP contribution in [0.4, 0.5) is 0 Å². The van der Waals surface area contributed by atoms with Gasteiger partial charge < -0.3 is 9.88 Å². The van der Waals surface area contributed by atoms with E-state index >= 15 is 0 Å². The van der Waals surface area contributed by atoms with Crippen LogP contribution in [0.25, 0.3) is 0 Å². The lowest BCUT2D eigenvalue weighted by atomic mass is 10.0. The Morgan fingerprint density at radius 1 is 1.19 bits per heavy atom. The maximum Gasteiger partial charge on any atom is 0.241 e. The normalized spacial score (nSPS) is 24.1. The molecule has 26 heavy (non-hydrogen) atoms. The Morgan fingerprint density at radius 2 is 1.88 bits per heavy atom. The van der Waals surface area contributed by atoms with Gasteiger partial charge in [-0.2, -0.15) is 0 Å². The number of aryl methyl sites for hydroxylation is 2. The number of rotatable bonds is 4. The molecule has 0 radical (unpaired) electrons. The molecule has 0 bridgehead atoms. The second-order valence-corrected chi connectivity index (χ2v) is 7.83. The van der Waals surface area contributed by atoms with Crippen molar-refractivity contribution < 1.29 is 14.4 Å². The molecule has 7 nitrogen and oxygen atoms in total. The third-order valence-corrected chi connectivity index (χ3v) is 5.88. The van der Waals surface area contributed by atoms with Crippen molar-refractivity contribution in [1.29, 1.82) is 0 Å². The molecule has 2 aliphatic heterocycles. The summed E-state index contributed by atoms with van der Waals surface area (Å²) in [7, 11) is 0.